The van der Waals surface area contributed by atoms with Gasteiger partial charge in [-0.3, -0.25) is 4.79 Å². The molecule has 20 heavy (non-hydrogen) atoms. The number of halogens is 1. The van der Waals surface area contributed by atoms with Gasteiger partial charge in [0.15, 0.2) is 11.5 Å². The third kappa shape index (κ3) is 2.90. The lowest BCUT2D eigenvalue weighted by Crippen LogP contribution is -2.23. The van der Waals surface area contributed by atoms with Crippen molar-refractivity contribution < 1.29 is 18.3 Å². The molecule has 0 saturated heterocycles. The molecule has 0 bridgehead atoms. The third-order valence-corrected chi connectivity index (χ3v) is 3.66. The van der Waals surface area contributed by atoms with E-state index in [1.54, 1.807) is 20.1 Å². The summed E-state index contributed by atoms with van der Waals surface area (Å²) < 4.78 is 24.1. The fourth-order valence-electron chi connectivity index (χ4n) is 2.09. The van der Waals surface area contributed by atoms with E-state index >= 15 is 0 Å². The van der Waals surface area contributed by atoms with Crippen molar-refractivity contribution in [3.63, 3.8) is 0 Å². The maximum Gasteiger partial charge on any atom is 0.198 e. The van der Waals surface area contributed by atoms with Gasteiger partial charge in [-0.05, 0) is 45.4 Å². The van der Waals surface area contributed by atoms with E-state index in [9.17, 15) is 9.18 Å². The molecule has 0 atom stereocenters. The monoisotopic (exact) mass is 278 g/mol. The summed E-state index contributed by atoms with van der Waals surface area (Å²) in [7, 11) is 1.62. The second-order valence-electron chi connectivity index (χ2n) is 5.58. The minimum absolute atomic E-state index is 0.0794. The van der Waals surface area contributed by atoms with Crippen LogP contribution in [0.2, 0.25) is 0 Å². The first-order valence-electron chi connectivity index (χ1n) is 6.61. The summed E-state index contributed by atoms with van der Waals surface area (Å²) in [5.41, 5.74) is 0.889. The summed E-state index contributed by atoms with van der Waals surface area (Å²) in [5.74, 6) is -0.0948. The molecule has 0 saturated carbocycles. The van der Waals surface area contributed by atoms with Crippen LogP contribution in [0.1, 0.15) is 42.8 Å². The van der Waals surface area contributed by atoms with Crippen molar-refractivity contribution >= 4 is 16.8 Å². The Balaban J connectivity index is 2.25. The van der Waals surface area contributed by atoms with Gasteiger partial charge in [0, 0.05) is 24.5 Å². The molecule has 0 amide bonds. The van der Waals surface area contributed by atoms with E-state index in [-0.39, 0.29) is 17.2 Å². The Kier molecular flexibility index (Phi) is 3.95. The van der Waals surface area contributed by atoms with Crippen LogP contribution >= 0.6 is 0 Å². The molecule has 0 aliphatic rings. The highest BCUT2D eigenvalue weighted by Gasteiger charge is 2.22. The normalized spacial score (nSPS) is 12.1. The van der Waals surface area contributed by atoms with Crippen LogP contribution in [-0.4, -0.2) is 18.5 Å². The van der Waals surface area contributed by atoms with Crippen molar-refractivity contribution in [2.45, 2.75) is 39.2 Å². The van der Waals surface area contributed by atoms with Crippen molar-refractivity contribution in [2.24, 2.45) is 0 Å². The molecule has 2 rings (SSSR count). The number of aryl methyl sites for hydroxylation is 1. The molecule has 3 nitrogen and oxygen atoms in total. The number of ether oxygens (including phenoxy) is 1. The Bertz CT molecular complexity index is 640. The van der Waals surface area contributed by atoms with Crippen molar-refractivity contribution in [3.05, 3.63) is 35.3 Å². The maximum atomic E-state index is 13.2. The second-order valence-corrected chi connectivity index (χ2v) is 5.58. The van der Waals surface area contributed by atoms with E-state index in [0.29, 0.717) is 35.1 Å². The van der Waals surface area contributed by atoms with Crippen LogP contribution in [0.5, 0.6) is 0 Å². The van der Waals surface area contributed by atoms with Crippen molar-refractivity contribution in [3.8, 4) is 0 Å². The van der Waals surface area contributed by atoms with E-state index in [1.165, 1.54) is 12.1 Å². The zero-order valence-corrected chi connectivity index (χ0v) is 12.2. The molecule has 0 fully saturated rings. The average molecular weight is 278 g/mol. The zero-order chi connectivity index (χ0) is 14.9. The minimum Gasteiger partial charge on any atom is -0.453 e. The number of fused-ring (bicyclic) bond motifs is 1. The van der Waals surface area contributed by atoms with E-state index in [1.807, 2.05) is 13.8 Å². The number of carbonyl (C=O) groups is 1. The summed E-state index contributed by atoms with van der Waals surface area (Å²) in [6.45, 7) is 5.64. The molecular weight excluding hydrogens is 259 g/mol. The number of Topliss-reactive ketones (excluding diaryl/α,β-unsaturated/α-hetero) is 1. The molecule has 0 aliphatic heterocycles. The molecule has 0 unspecified atom stereocenters. The predicted molar refractivity (Wildman–Crippen MR) is 75.6 cm³/mol. The smallest absolute Gasteiger partial charge is 0.198 e. The van der Waals surface area contributed by atoms with Crippen molar-refractivity contribution in [2.75, 3.05) is 7.11 Å². The minimum atomic E-state index is -0.346. The maximum absolute atomic E-state index is 13.2. The number of furan rings is 1. The number of benzene rings is 1. The van der Waals surface area contributed by atoms with Crippen LogP contribution in [0.3, 0.4) is 0 Å². The topological polar surface area (TPSA) is 39.4 Å². The van der Waals surface area contributed by atoms with Crippen LogP contribution < -0.4 is 0 Å². The Morgan fingerprint density at radius 2 is 2.10 bits per heavy atom. The van der Waals surface area contributed by atoms with E-state index in [0.717, 1.165) is 0 Å². The summed E-state index contributed by atoms with van der Waals surface area (Å²) in [4.78, 5) is 12.2. The molecule has 108 valence electrons. The lowest BCUT2D eigenvalue weighted by molar-refractivity contribution is 0.0139. The zero-order valence-electron chi connectivity index (χ0n) is 12.2. The van der Waals surface area contributed by atoms with Gasteiger partial charge < -0.3 is 9.15 Å². The van der Waals surface area contributed by atoms with E-state index in [4.69, 9.17) is 9.15 Å². The standard InChI is InChI=1S/C16H19FO3/c1-10-12-9-11(17)5-6-14(12)20-15(10)13(18)7-8-16(2,3)19-4/h5-6,9H,7-8H2,1-4H3. The lowest BCUT2D eigenvalue weighted by Gasteiger charge is -2.21. The van der Waals surface area contributed by atoms with E-state index in [2.05, 4.69) is 0 Å². The lowest BCUT2D eigenvalue weighted by atomic mass is 9.99. The number of methoxy groups -OCH3 is 1. The first kappa shape index (κ1) is 14.7. The van der Waals surface area contributed by atoms with Crippen molar-refractivity contribution in [1.82, 2.24) is 0 Å². The van der Waals surface area contributed by atoms with Crippen LogP contribution in [0.25, 0.3) is 11.0 Å². The molecular formula is C16H19FO3. The molecule has 0 spiro atoms. The number of rotatable bonds is 5. The second kappa shape index (κ2) is 5.37. The third-order valence-electron chi connectivity index (χ3n) is 3.66. The Morgan fingerprint density at radius 1 is 1.40 bits per heavy atom. The number of hydrogen-bond donors (Lipinski definition) is 0. The number of hydrogen-bond acceptors (Lipinski definition) is 3. The SMILES string of the molecule is COC(C)(C)CCC(=O)c1oc2ccc(F)cc2c1C. The molecule has 0 radical (unpaired) electrons. The highest BCUT2D eigenvalue weighted by Crippen LogP contribution is 2.28. The van der Waals surface area contributed by atoms with Gasteiger partial charge in [0.05, 0.1) is 5.60 Å². The van der Waals surface area contributed by atoms with Gasteiger partial charge in [-0.15, -0.1) is 0 Å². The van der Waals surface area contributed by atoms with E-state index < -0.39 is 0 Å². The van der Waals surface area contributed by atoms with Gasteiger partial charge in [-0.1, -0.05) is 0 Å². The molecule has 1 heterocycles. The van der Waals surface area contributed by atoms with Crippen LogP contribution in [0.4, 0.5) is 4.39 Å². The van der Waals surface area contributed by atoms with Gasteiger partial charge in [0.2, 0.25) is 0 Å². The van der Waals surface area contributed by atoms with Gasteiger partial charge >= 0.3 is 0 Å². The summed E-state index contributed by atoms with van der Waals surface area (Å²) in [6.07, 6.45) is 0.942. The van der Waals surface area contributed by atoms with Gasteiger partial charge in [-0.2, -0.15) is 0 Å². The van der Waals surface area contributed by atoms with Crippen molar-refractivity contribution in [1.29, 1.82) is 0 Å². The molecule has 1 aromatic heterocycles. The van der Waals surface area contributed by atoms with Crippen LogP contribution in [0, 0.1) is 12.7 Å². The Morgan fingerprint density at radius 3 is 2.75 bits per heavy atom. The summed E-state index contributed by atoms with van der Waals surface area (Å²) in [6, 6.07) is 4.27. The first-order chi connectivity index (χ1) is 9.34. The number of carbonyl (C=O) groups excluding carboxylic acids is 1. The van der Waals surface area contributed by atoms with Gasteiger partial charge in [-0.25, -0.2) is 4.39 Å². The Hall–Kier alpha value is -1.68. The molecule has 2 aromatic rings. The highest BCUT2D eigenvalue weighted by molar-refractivity contribution is 6.00. The largest absolute Gasteiger partial charge is 0.453 e. The number of ketones is 1. The van der Waals surface area contributed by atoms with Crippen LogP contribution in [0.15, 0.2) is 22.6 Å². The highest BCUT2D eigenvalue weighted by atomic mass is 19.1. The quantitative estimate of drug-likeness (QED) is 0.767. The summed E-state index contributed by atoms with van der Waals surface area (Å²) >= 11 is 0. The van der Waals surface area contributed by atoms with Crippen LogP contribution in [-0.2, 0) is 4.74 Å². The average Bonchev–Trinajstić information content (AvgIpc) is 2.74. The summed E-state index contributed by atoms with van der Waals surface area (Å²) in [5, 5.41) is 0.652. The Labute approximate surface area is 117 Å². The molecule has 0 N–H and O–H groups in total. The molecule has 0 aliphatic carbocycles. The first-order valence-corrected chi connectivity index (χ1v) is 6.61. The predicted octanol–water partition coefficient (Wildman–Crippen LogP) is 4.27. The van der Waals surface area contributed by atoms with Gasteiger partial charge in [0.1, 0.15) is 11.4 Å². The fraction of sp³-hybridized carbons (Fsp3) is 0.438. The molecule has 4 heteroatoms. The van der Waals surface area contributed by atoms with Gasteiger partial charge in [0.25, 0.3) is 0 Å². The fourth-order valence-corrected chi connectivity index (χ4v) is 2.09. The molecule has 1 aromatic carbocycles.